The summed E-state index contributed by atoms with van der Waals surface area (Å²) in [5, 5.41) is 3.57. The maximum Gasteiger partial charge on any atom is 0.243 e. The Hall–Kier alpha value is -1.94. The van der Waals surface area contributed by atoms with Crippen LogP contribution in [0.15, 0.2) is 47.4 Å². The molecule has 24 heavy (non-hydrogen) atoms. The van der Waals surface area contributed by atoms with Crippen molar-refractivity contribution < 1.29 is 4.79 Å². The molecule has 126 valence electrons. The Balaban J connectivity index is 1.72. The monoisotopic (exact) mass is 340 g/mol. The molecule has 1 N–H and O–H groups in total. The van der Waals surface area contributed by atoms with Crippen molar-refractivity contribution in [2.24, 2.45) is 0 Å². The lowest BCUT2D eigenvalue weighted by Crippen LogP contribution is -2.40. The summed E-state index contributed by atoms with van der Waals surface area (Å²) < 4.78 is 0. The average Bonchev–Trinajstić information content (AvgIpc) is 2.58. The lowest BCUT2D eigenvalue weighted by atomic mass is 10.1. The molecule has 0 fully saturated rings. The first-order valence-corrected chi connectivity index (χ1v) is 9.32. The van der Waals surface area contributed by atoms with Gasteiger partial charge in [0.2, 0.25) is 5.91 Å². The van der Waals surface area contributed by atoms with Crippen molar-refractivity contribution in [1.82, 2.24) is 0 Å². The fourth-order valence-corrected chi connectivity index (χ4v) is 4.19. The minimum absolute atomic E-state index is 0.0369. The second-order valence-corrected chi connectivity index (χ2v) is 7.69. The molecule has 1 heterocycles. The zero-order chi connectivity index (χ0) is 17.1. The number of nitrogens with zero attached hydrogens (tertiary/aromatic N) is 1. The molecule has 0 saturated heterocycles. The van der Waals surface area contributed by atoms with Crippen LogP contribution in [0.1, 0.15) is 24.5 Å². The maximum atomic E-state index is 12.5. The number of benzene rings is 2. The summed E-state index contributed by atoms with van der Waals surface area (Å²) in [7, 11) is 0. The summed E-state index contributed by atoms with van der Waals surface area (Å²) in [6.07, 6.45) is 1.11. The SMILES string of the molecule is CC[C@@H]1CN(CC(=O)Nc2ccc(C)c(C)c2)c2ccccc2S1. The van der Waals surface area contributed by atoms with E-state index in [4.69, 9.17) is 0 Å². The molecular weight excluding hydrogens is 316 g/mol. The second-order valence-electron chi connectivity index (χ2n) is 6.34. The number of thioether (sulfide) groups is 1. The summed E-state index contributed by atoms with van der Waals surface area (Å²) in [6, 6.07) is 14.4. The molecule has 1 aliphatic rings. The lowest BCUT2D eigenvalue weighted by molar-refractivity contribution is -0.115. The largest absolute Gasteiger partial charge is 0.360 e. The Morgan fingerprint density at radius 3 is 2.75 bits per heavy atom. The Morgan fingerprint density at radius 2 is 2.00 bits per heavy atom. The molecule has 0 aromatic heterocycles. The van der Waals surface area contributed by atoms with Gasteiger partial charge in [-0.2, -0.15) is 0 Å². The van der Waals surface area contributed by atoms with Crippen molar-refractivity contribution in [2.75, 3.05) is 23.3 Å². The number of para-hydroxylation sites is 1. The first kappa shape index (κ1) is 16.9. The third-order valence-electron chi connectivity index (χ3n) is 4.50. The van der Waals surface area contributed by atoms with Gasteiger partial charge >= 0.3 is 0 Å². The van der Waals surface area contributed by atoms with Crippen LogP contribution in [-0.2, 0) is 4.79 Å². The van der Waals surface area contributed by atoms with Gasteiger partial charge in [-0.3, -0.25) is 4.79 Å². The van der Waals surface area contributed by atoms with Crippen molar-refractivity contribution in [1.29, 1.82) is 0 Å². The molecule has 2 aromatic rings. The van der Waals surface area contributed by atoms with Gasteiger partial charge in [0.15, 0.2) is 0 Å². The fourth-order valence-electron chi connectivity index (χ4n) is 2.93. The van der Waals surface area contributed by atoms with E-state index in [2.05, 4.69) is 49.2 Å². The smallest absolute Gasteiger partial charge is 0.243 e. The molecule has 0 unspecified atom stereocenters. The van der Waals surface area contributed by atoms with Crippen LogP contribution in [-0.4, -0.2) is 24.2 Å². The standard InChI is InChI=1S/C20H24N2OS/c1-4-17-12-22(18-7-5-6-8-19(18)24-17)13-20(23)21-16-10-9-14(2)15(3)11-16/h5-11,17H,4,12-13H2,1-3H3,(H,21,23)/t17-/m1/s1. The van der Waals surface area contributed by atoms with Crippen LogP contribution in [0.4, 0.5) is 11.4 Å². The highest BCUT2D eigenvalue weighted by Crippen LogP contribution is 2.39. The highest BCUT2D eigenvalue weighted by Gasteiger charge is 2.25. The number of aryl methyl sites for hydroxylation is 2. The van der Waals surface area contributed by atoms with Gasteiger partial charge in [0, 0.05) is 22.4 Å². The summed E-state index contributed by atoms with van der Waals surface area (Å²) in [5.41, 5.74) is 4.47. The van der Waals surface area contributed by atoms with Gasteiger partial charge in [-0.25, -0.2) is 0 Å². The van der Waals surface area contributed by atoms with E-state index in [-0.39, 0.29) is 5.91 Å². The third kappa shape index (κ3) is 3.75. The molecule has 0 bridgehead atoms. The van der Waals surface area contributed by atoms with Crippen molar-refractivity contribution in [3.05, 3.63) is 53.6 Å². The van der Waals surface area contributed by atoms with Gasteiger partial charge in [0.05, 0.1) is 12.2 Å². The first-order valence-electron chi connectivity index (χ1n) is 8.44. The van der Waals surface area contributed by atoms with Gasteiger partial charge in [-0.15, -0.1) is 11.8 Å². The quantitative estimate of drug-likeness (QED) is 0.880. The Bertz CT molecular complexity index is 744. The Morgan fingerprint density at radius 1 is 1.21 bits per heavy atom. The molecule has 3 rings (SSSR count). The molecule has 1 aliphatic heterocycles. The molecule has 3 nitrogen and oxygen atoms in total. The predicted molar refractivity (Wildman–Crippen MR) is 103 cm³/mol. The summed E-state index contributed by atoms with van der Waals surface area (Å²) >= 11 is 1.92. The summed E-state index contributed by atoms with van der Waals surface area (Å²) in [6.45, 7) is 7.65. The van der Waals surface area contributed by atoms with Gasteiger partial charge in [0.25, 0.3) is 0 Å². The zero-order valence-electron chi connectivity index (χ0n) is 14.5. The summed E-state index contributed by atoms with van der Waals surface area (Å²) in [4.78, 5) is 16.0. The van der Waals surface area contributed by atoms with Crippen LogP contribution >= 0.6 is 11.8 Å². The molecule has 0 spiro atoms. The zero-order valence-corrected chi connectivity index (χ0v) is 15.3. The van der Waals surface area contributed by atoms with E-state index in [1.807, 2.05) is 36.0 Å². The van der Waals surface area contributed by atoms with Gasteiger partial charge < -0.3 is 10.2 Å². The first-order chi connectivity index (χ1) is 11.6. The molecule has 0 saturated carbocycles. The van der Waals surface area contributed by atoms with Gasteiger partial charge in [-0.05, 0) is 55.7 Å². The number of nitrogens with one attached hydrogen (secondary N) is 1. The van der Waals surface area contributed by atoms with Crippen molar-refractivity contribution in [3.8, 4) is 0 Å². The highest BCUT2D eigenvalue weighted by molar-refractivity contribution is 8.00. The number of hydrogen-bond donors (Lipinski definition) is 1. The van der Waals surface area contributed by atoms with E-state index in [1.54, 1.807) is 0 Å². The van der Waals surface area contributed by atoms with Crippen molar-refractivity contribution in [3.63, 3.8) is 0 Å². The highest BCUT2D eigenvalue weighted by atomic mass is 32.2. The number of fused-ring (bicyclic) bond motifs is 1. The van der Waals surface area contributed by atoms with Crippen LogP contribution in [0, 0.1) is 13.8 Å². The van der Waals surface area contributed by atoms with E-state index in [0.717, 1.165) is 18.7 Å². The Kier molecular flexibility index (Phi) is 5.14. The van der Waals surface area contributed by atoms with Crippen LogP contribution in [0.2, 0.25) is 0 Å². The summed E-state index contributed by atoms with van der Waals surface area (Å²) in [5.74, 6) is 0.0369. The topological polar surface area (TPSA) is 32.3 Å². The number of rotatable bonds is 4. The Labute approximate surface area is 148 Å². The molecule has 1 amide bonds. The minimum atomic E-state index is 0.0369. The normalized spacial score (nSPS) is 16.6. The third-order valence-corrected chi connectivity index (χ3v) is 5.92. The number of carbonyl (C=O) groups excluding carboxylic acids is 1. The lowest BCUT2D eigenvalue weighted by Gasteiger charge is -2.34. The van der Waals surface area contributed by atoms with Crippen LogP contribution in [0.3, 0.4) is 0 Å². The molecule has 0 aliphatic carbocycles. The molecule has 4 heteroatoms. The second kappa shape index (κ2) is 7.31. The van der Waals surface area contributed by atoms with Crippen LogP contribution < -0.4 is 10.2 Å². The minimum Gasteiger partial charge on any atom is -0.360 e. The molecule has 1 atom stereocenters. The molecule has 0 radical (unpaired) electrons. The molecular formula is C20H24N2OS. The number of amides is 1. The van der Waals surface area contributed by atoms with Crippen LogP contribution in [0.5, 0.6) is 0 Å². The van der Waals surface area contributed by atoms with E-state index >= 15 is 0 Å². The predicted octanol–water partition coefficient (Wildman–Crippen LogP) is 4.63. The van der Waals surface area contributed by atoms with E-state index in [0.29, 0.717) is 11.8 Å². The van der Waals surface area contributed by atoms with E-state index in [1.165, 1.54) is 21.7 Å². The van der Waals surface area contributed by atoms with Gasteiger partial charge in [-0.1, -0.05) is 25.1 Å². The van der Waals surface area contributed by atoms with E-state index < -0.39 is 0 Å². The molecule has 2 aromatic carbocycles. The van der Waals surface area contributed by atoms with Gasteiger partial charge in [0.1, 0.15) is 0 Å². The van der Waals surface area contributed by atoms with Crippen molar-refractivity contribution >= 4 is 29.0 Å². The van der Waals surface area contributed by atoms with Crippen LogP contribution in [0.25, 0.3) is 0 Å². The number of anilines is 2. The fraction of sp³-hybridized carbons (Fsp3) is 0.350. The number of hydrogen-bond acceptors (Lipinski definition) is 3. The van der Waals surface area contributed by atoms with E-state index in [9.17, 15) is 4.79 Å². The van der Waals surface area contributed by atoms with Crippen molar-refractivity contribution in [2.45, 2.75) is 37.3 Å². The number of carbonyl (C=O) groups is 1. The average molecular weight is 340 g/mol. The maximum absolute atomic E-state index is 12.5.